The van der Waals surface area contributed by atoms with Crippen LogP contribution in [0.15, 0.2) is 30.6 Å². The number of rotatable bonds is 5. The number of nitrogens with one attached hydrogen (secondary N) is 1. The SMILES string of the molecule is [2H]C([2H])(NC([2H])([2H])C1(F)CCN(C(=O)c2ccc(F)c(Cl)c2)C([2H])([2H])C1([2H])[2H])c1ncc(C)cn1. The lowest BCUT2D eigenvalue weighted by Crippen LogP contribution is -2.48. The van der Waals surface area contributed by atoms with E-state index in [2.05, 4.69) is 9.97 Å². The summed E-state index contributed by atoms with van der Waals surface area (Å²) >= 11 is 5.67. The Morgan fingerprint density at radius 2 is 2.22 bits per heavy atom. The molecule has 1 aromatic heterocycles. The van der Waals surface area contributed by atoms with Crippen molar-refractivity contribution in [1.29, 1.82) is 0 Å². The van der Waals surface area contributed by atoms with Gasteiger partial charge >= 0.3 is 0 Å². The quantitative estimate of drug-likeness (QED) is 0.833. The molecule has 2 heterocycles. The van der Waals surface area contributed by atoms with Gasteiger partial charge in [0.2, 0.25) is 0 Å². The number of alkyl halides is 1. The summed E-state index contributed by atoms with van der Waals surface area (Å²) in [6.45, 7) is -8.90. The van der Waals surface area contributed by atoms with E-state index < -0.39 is 67.1 Å². The van der Waals surface area contributed by atoms with E-state index in [1.807, 2.05) is 0 Å². The predicted molar refractivity (Wildman–Crippen MR) is 98.9 cm³/mol. The van der Waals surface area contributed by atoms with Gasteiger partial charge in [-0.1, -0.05) is 11.6 Å². The van der Waals surface area contributed by atoms with Crippen LogP contribution in [0.4, 0.5) is 8.78 Å². The van der Waals surface area contributed by atoms with Gasteiger partial charge in [-0.3, -0.25) is 4.79 Å². The van der Waals surface area contributed by atoms with E-state index in [0.29, 0.717) is 10.5 Å². The minimum absolute atomic E-state index is 0.281. The van der Waals surface area contributed by atoms with E-state index in [9.17, 15) is 9.18 Å². The Morgan fingerprint density at radius 3 is 2.93 bits per heavy atom. The molecule has 0 aliphatic carbocycles. The fourth-order valence-corrected chi connectivity index (χ4v) is 2.40. The van der Waals surface area contributed by atoms with Crippen LogP contribution < -0.4 is 5.32 Å². The zero-order chi connectivity index (χ0) is 26.6. The standard InChI is InChI=1S/C19H21ClF2N4O/c1-13-9-24-17(25-10-13)11-23-12-19(22)4-6-26(7-5-19)18(27)14-2-3-16(21)15(20)8-14/h2-3,8-10,23H,4-7,11-12H2,1H3/i4D2,6D2,11D2,12D2. The molecular weight excluding hydrogens is 374 g/mol. The summed E-state index contributed by atoms with van der Waals surface area (Å²) in [7, 11) is 0. The van der Waals surface area contributed by atoms with Crippen LogP contribution in [0.25, 0.3) is 0 Å². The number of piperidine rings is 1. The first-order valence-corrected chi connectivity index (χ1v) is 8.30. The smallest absolute Gasteiger partial charge is 0.253 e. The summed E-state index contributed by atoms with van der Waals surface area (Å²) in [6.07, 6.45) is -2.21. The van der Waals surface area contributed by atoms with Gasteiger partial charge in [0.25, 0.3) is 5.91 Å². The second kappa shape index (κ2) is 8.27. The van der Waals surface area contributed by atoms with Crippen molar-refractivity contribution in [2.24, 2.45) is 0 Å². The van der Waals surface area contributed by atoms with Crippen LogP contribution in [0, 0.1) is 12.7 Å². The molecule has 0 radical (unpaired) electrons. The molecule has 0 spiro atoms. The number of aromatic nitrogens is 2. The molecule has 1 amide bonds. The Labute approximate surface area is 173 Å². The van der Waals surface area contributed by atoms with Gasteiger partial charge in [-0.15, -0.1) is 0 Å². The number of carbonyl (C=O) groups excluding carboxylic acids is 1. The lowest BCUT2D eigenvalue weighted by atomic mass is 9.92. The molecular formula is C19H21ClF2N4O. The molecule has 0 saturated carbocycles. The highest BCUT2D eigenvalue weighted by atomic mass is 35.5. The van der Waals surface area contributed by atoms with E-state index in [4.69, 9.17) is 22.6 Å². The largest absolute Gasteiger partial charge is 0.338 e. The van der Waals surface area contributed by atoms with Gasteiger partial charge in [-0.2, -0.15) is 0 Å². The predicted octanol–water partition coefficient (Wildman–Crippen LogP) is 3.31. The molecule has 27 heavy (non-hydrogen) atoms. The number of hydrogen-bond donors (Lipinski definition) is 1. The first-order valence-electron chi connectivity index (χ1n) is 11.9. The molecule has 1 aliphatic heterocycles. The molecule has 1 aliphatic rings. The van der Waals surface area contributed by atoms with E-state index in [-0.39, 0.29) is 5.56 Å². The van der Waals surface area contributed by atoms with Crippen LogP contribution in [-0.4, -0.2) is 46.0 Å². The normalized spacial score (nSPS) is 29.1. The third-order valence-electron chi connectivity index (χ3n) is 3.70. The van der Waals surface area contributed by atoms with E-state index in [1.54, 1.807) is 12.2 Å². The highest BCUT2D eigenvalue weighted by Crippen LogP contribution is 2.27. The van der Waals surface area contributed by atoms with Crippen molar-refractivity contribution in [3.8, 4) is 0 Å². The molecule has 1 unspecified atom stereocenters. The van der Waals surface area contributed by atoms with Crippen molar-refractivity contribution in [3.63, 3.8) is 0 Å². The van der Waals surface area contributed by atoms with Crippen LogP contribution in [0.2, 0.25) is 5.02 Å². The van der Waals surface area contributed by atoms with Gasteiger partial charge in [-0.05, 0) is 30.7 Å². The zero-order valence-corrected chi connectivity index (χ0v) is 14.9. The minimum atomic E-state index is -3.68. The number of carbonyl (C=O) groups is 1. The van der Waals surface area contributed by atoms with Crippen molar-refractivity contribution >= 4 is 17.5 Å². The molecule has 0 bridgehead atoms. The number of likely N-dealkylation sites (tertiary alicyclic amines) is 1. The van der Waals surface area contributed by atoms with Gasteiger partial charge in [0.1, 0.15) is 17.3 Å². The van der Waals surface area contributed by atoms with Crippen LogP contribution in [0.1, 0.15) is 45.5 Å². The molecule has 1 aromatic carbocycles. The third kappa shape index (κ3) is 4.99. The third-order valence-corrected chi connectivity index (χ3v) is 3.99. The van der Waals surface area contributed by atoms with Crippen molar-refractivity contribution in [2.45, 2.75) is 31.9 Å². The Balaban J connectivity index is 1.95. The summed E-state index contributed by atoms with van der Waals surface area (Å²) in [5.74, 6) is -2.49. The van der Waals surface area contributed by atoms with E-state index >= 15 is 4.39 Å². The second-order valence-electron chi connectivity index (χ2n) is 5.83. The summed E-state index contributed by atoms with van der Waals surface area (Å²) in [6, 6.07) is 2.78. The number of nitrogens with zero attached hydrogens (tertiary/aromatic N) is 3. The first kappa shape index (κ1) is 11.7. The topological polar surface area (TPSA) is 58.1 Å². The molecule has 1 fully saturated rings. The average Bonchev–Trinajstić information content (AvgIpc) is 2.73. The van der Waals surface area contributed by atoms with Crippen molar-refractivity contribution in [2.75, 3.05) is 19.5 Å². The lowest BCUT2D eigenvalue weighted by Gasteiger charge is -2.36. The first-order chi connectivity index (χ1) is 15.9. The van der Waals surface area contributed by atoms with Gasteiger partial charge in [0.05, 0.1) is 14.3 Å². The van der Waals surface area contributed by atoms with Gasteiger partial charge in [-0.25, -0.2) is 18.7 Å². The number of benzene rings is 1. The van der Waals surface area contributed by atoms with E-state index in [1.165, 1.54) is 12.4 Å². The summed E-state index contributed by atoms with van der Waals surface area (Å²) in [5, 5.41) is 1.33. The number of halogens is 3. The van der Waals surface area contributed by atoms with Crippen molar-refractivity contribution in [1.82, 2.24) is 20.2 Å². The summed E-state index contributed by atoms with van der Waals surface area (Å²) in [5.41, 5.74) is -3.35. The van der Waals surface area contributed by atoms with Gasteiger partial charge < -0.3 is 10.2 Å². The summed E-state index contributed by atoms with van der Waals surface area (Å²) < 4.78 is 95.3. The monoisotopic (exact) mass is 402 g/mol. The maximum Gasteiger partial charge on any atom is 0.253 e. The number of hydrogen-bond acceptors (Lipinski definition) is 4. The van der Waals surface area contributed by atoms with Gasteiger partial charge in [0, 0.05) is 58.5 Å². The molecule has 1 atom stereocenters. The molecule has 1 N–H and O–H groups in total. The van der Waals surface area contributed by atoms with Gasteiger partial charge in [0.15, 0.2) is 0 Å². The van der Waals surface area contributed by atoms with Crippen LogP contribution >= 0.6 is 11.6 Å². The number of aryl methyl sites for hydroxylation is 1. The highest BCUT2D eigenvalue weighted by Gasteiger charge is 2.36. The minimum Gasteiger partial charge on any atom is -0.338 e. The van der Waals surface area contributed by atoms with Crippen LogP contribution in [-0.2, 0) is 6.50 Å². The van der Waals surface area contributed by atoms with E-state index in [0.717, 1.165) is 18.2 Å². The average molecular weight is 403 g/mol. The lowest BCUT2D eigenvalue weighted by molar-refractivity contribution is 0.0434. The maximum atomic E-state index is 16.2. The molecule has 3 rings (SSSR count). The second-order valence-corrected chi connectivity index (χ2v) is 6.24. The Hall–Kier alpha value is -2.12. The number of amides is 1. The molecule has 2 aromatic rings. The zero-order valence-electron chi connectivity index (χ0n) is 22.2. The molecule has 5 nitrogen and oxygen atoms in total. The molecule has 8 heteroatoms. The molecule has 144 valence electrons. The molecule has 1 saturated heterocycles. The van der Waals surface area contributed by atoms with Crippen LogP contribution in [0.3, 0.4) is 0 Å². The Bertz CT molecular complexity index is 1140. The maximum absolute atomic E-state index is 16.2. The van der Waals surface area contributed by atoms with Crippen molar-refractivity contribution in [3.05, 3.63) is 58.4 Å². The fraction of sp³-hybridized carbons (Fsp3) is 0.421. The van der Waals surface area contributed by atoms with Crippen molar-refractivity contribution < 1.29 is 24.5 Å². The fourth-order valence-electron chi connectivity index (χ4n) is 2.21. The summed E-state index contributed by atoms with van der Waals surface area (Å²) in [4.78, 5) is 20.8. The highest BCUT2D eigenvalue weighted by molar-refractivity contribution is 6.31. The Morgan fingerprint density at radius 1 is 1.48 bits per heavy atom. The van der Waals surface area contributed by atoms with Crippen LogP contribution in [0.5, 0.6) is 0 Å². The Kier molecular flexibility index (Phi) is 3.57.